The van der Waals surface area contributed by atoms with E-state index in [0.29, 0.717) is 5.56 Å². The topological polar surface area (TPSA) is 38.3 Å². The first-order valence-corrected chi connectivity index (χ1v) is 10.7. The summed E-state index contributed by atoms with van der Waals surface area (Å²) in [6.45, 7) is 4.48. The van der Waals surface area contributed by atoms with Crippen LogP contribution < -0.4 is 10.1 Å². The first kappa shape index (κ1) is 20.4. The molecular formula is C25H33NO2. The van der Waals surface area contributed by atoms with Crippen LogP contribution in [-0.2, 0) is 6.42 Å². The number of aryl methyl sites for hydroxylation is 1. The van der Waals surface area contributed by atoms with Crippen molar-refractivity contribution in [3.05, 3.63) is 53.6 Å². The summed E-state index contributed by atoms with van der Waals surface area (Å²) in [6, 6.07) is 14.7. The second-order valence-electron chi connectivity index (χ2n) is 8.12. The van der Waals surface area contributed by atoms with Crippen LogP contribution in [0.3, 0.4) is 0 Å². The summed E-state index contributed by atoms with van der Waals surface area (Å²) < 4.78 is 5.73. The number of rotatable bonds is 7. The summed E-state index contributed by atoms with van der Waals surface area (Å²) in [7, 11) is 1.67. The van der Waals surface area contributed by atoms with Crippen LogP contribution in [0.4, 0.5) is 0 Å². The van der Waals surface area contributed by atoms with E-state index in [4.69, 9.17) is 4.74 Å². The molecule has 0 saturated heterocycles. The van der Waals surface area contributed by atoms with E-state index < -0.39 is 0 Å². The van der Waals surface area contributed by atoms with Crippen LogP contribution in [0.2, 0.25) is 0 Å². The van der Waals surface area contributed by atoms with Gasteiger partial charge in [-0.15, -0.1) is 0 Å². The zero-order chi connectivity index (χ0) is 19.9. The Kier molecular flexibility index (Phi) is 7.13. The van der Waals surface area contributed by atoms with Gasteiger partial charge in [0.05, 0.1) is 12.7 Å². The van der Waals surface area contributed by atoms with E-state index in [1.807, 2.05) is 24.3 Å². The van der Waals surface area contributed by atoms with Crippen molar-refractivity contribution in [2.45, 2.75) is 64.8 Å². The van der Waals surface area contributed by atoms with Gasteiger partial charge >= 0.3 is 0 Å². The number of ether oxygens (including phenoxy) is 1. The highest BCUT2D eigenvalue weighted by molar-refractivity contribution is 5.99. The molecule has 2 aromatic rings. The first-order valence-electron chi connectivity index (χ1n) is 10.7. The Balaban J connectivity index is 1.93. The molecule has 0 spiro atoms. The van der Waals surface area contributed by atoms with Crippen molar-refractivity contribution in [2.75, 3.05) is 7.11 Å². The van der Waals surface area contributed by atoms with Crippen LogP contribution in [0.5, 0.6) is 5.75 Å². The number of hydrogen-bond donors (Lipinski definition) is 1. The molecule has 1 N–H and O–H groups in total. The van der Waals surface area contributed by atoms with E-state index in [1.54, 1.807) is 7.11 Å². The Morgan fingerprint density at radius 2 is 1.79 bits per heavy atom. The largest absolute Gasteiger partial charge is 0.496 e. The quantitative estimate of drug-likeness (QED) is 0.639. The summed E-state index contributed by atoms with van der Waals surface area (Å²) in [4.78, 5) is 13.2. The molecule has 28 heavy (non-hydrogen) atoms. The van der Waals surface area contributed by atoms with Crippen LogP contribution in [0, 0.1) is 5.92 Å². The molecule has 1 amide bonds. The summed E-state index contributed by atoms with van der Waals surface area (Å²) >= 11 is 0. The smallest absolute Gasteiger partial charge is 0.255 e. The lowest BCUT2D eigenvalue weighted by molar-refractivity contribution is 0.0919. The molecule has 0 bridgehead atoms. The van der Waals surface area contributed by atoms with Gasteiger partial charge < -0.3 is 10.1 Å². The van der Waals surface area contributed by atoms with E-state index in [-0.39, 0.29) is 11.9 Å². The van der Waals surface area contributed by atoms with Gasteiger partial charge in [-0.1, -0.05) is 50.6 Å². The fourth-order valence-corrected chi connectivity index (χ4v) is 4.12. The van der Waals surface area contributed by atoms with Gasteiger partial charge in [-0.25, -0.2) is 0 Å². The van der Waals surface area contributed by atoms with Crippen LogP contribution in [0.15, 0.2) is 42.5 Å². The highest BCUT2D eigenvalue weighted by Gasteiger charge is 2.23. The number of unbranched alkanes of at least 4 members (excludes halogenated alkanes) is 1. The third-order valence-corrected chi connectivity index (χ3v) is 5.87. The Morgan fingerprint density at radius 1 is 1.07 bits per heavy atom. The molecule has 1 aliphatic rings. The molecule has 2 aromatic carbocycles. The van der Waals surface area contributed by atoms with Crippen molar-refractivity contribution in [2.24, 2.45) is 5.92 Å². The predicted octanol–water partition coefficient (Wildman–Crippen LogP) is 6.01. The van der Waals surface area contributed by atoms with E-state index in [2.05, 4.69) is 37.4 Å². The second-order valence-corrected chi connectivity index (χ2v) is 8.12. The van der Waals surface area contributed by atoms with Crippen LogP contribution in [0.1, 0.15) is 68.3 Å². The molecule has 0 unspecified atom stereocenters. The molecule has 1 aliphatic carbocycles. The number of carbonyl (C=O) groups excluding carboxylic acids is 1. The molecule has 0 aliphatic heterocycles. The van der Waals surface area contributed by atoms with Gasteiger partial charge in [0.25, 0.3) is 5.91 Å². The lowest BCUT2D eigenvalue weighted by Crippen LogP contribution is -2.37. The number of hydrogen-bond acceptors (Lipinski definition) is 2. The fourth-order valence-electron chi connectivity index (χ4n) is 4.12. The first-order chi connectivity index (χ1) is 13.6. The molecule has 150 valence electrons. The summed E-state index contributed by atoms with van der Waals surface area (Å²) in [5, 5.41) is 3.27. The average molecular weight is 380 g/mol. The van der Waals surface area contributed by atoms with Gasteiger partial charge in [-0.2, -0.15) is 0 Å². The van der Waals surface area contributed by atoms with Gasteiger partial charge in [-0.3, -0.25) is 4.79 Å². The summed E-state index contributed by atoms with van der Waals surface area (Å²) in [5.74, 6) is 1.49. The van der Waals surface area contributed by atoms with Crippen molar-refractivity contribution in [3.63, 3.8) is 0 Å². The highest BCUT2D eigenvalue weighted by atomic mass is 16.5. The number of carbonyl (C=O) groups is 1. The van der Waals surface area contributed by atoms with Crippen LogP contribution in [-0.4, -0.2) is 19.1 Å². The fraction of sp³-hybridized carbons (Fsp3) is 0.480. The molecule has 3 heteroatoms. The van der Waals surface area contributed by atoms with Gasteiger partial charge in [0.1, 0.15) is 5.75 Å². The lowest BCUT2D eigenvalue weighted by atomic mass is 9.87. The standard InChI is InChI=1S/C25H33NO2/c1-4-5-9-20-16-21(19-10-7-6-8-11-19)17-23(24(20)28-3)25(27)26-22-14-12-18(2)13-15-22/h6-8,10-11,16-18,22H,4-5,9,12-15H2,1-3H3,(H,26,27). The maximum atomic E-state index is 13.2. The SMILES string of the molecule is CCCCc1cc(-c2ccccc2)cc(C(=O)NC2CCC(C)CC2)c1OC. The van der Waals surface area contributed by atoms with E-state index in [1.165, 1.54) is 12.8 Å². The molecule has 3 rings (SSSR count). The predicted molar refractivity (Wildman–Crippen MR) is 116 cm³/mol. The minimum atomic E-state index is -0.00747. The normalized spacial score (nSPS) is 19.2. The minimum absolute atomic E-state index is 0.00747. The van der Waals surface area contributed by atoms with Crippen molar-refractivity contribution < 1.29 is 9.53 Å². The van der Waals surface area contributed by atoms with E-state index >= 15 is 0 Å². The number of methoxy groups -OCH3 is 1. The maximum absolute atomic E-state index is 13.2. The molecule has 0 heterocycles. The summed E-state index contributed by atoms with van der Waals surface area (Å²) in [5.41, 5.74) is 3.99. The molecule has 1 fully saturated rings. The lowest BCUT2D eigenvalue weighted by Gasteiger charge is -2.27. The number of amides is 1. The average Bonchev–Trinajstić information content (AvgIpc) is 2.73. The van der Waals surface area contributed by atoms with Gasteiger partial charge in [0.2, 0.25) is 0 Å². The van der Waals surface area contributed by atoms with Gasteiger partial charge in [-0.05, 0) is 73.3 Å². The Labute approximate surface area is 169 Å². The zero-order valence-corrected chi connectivity index (χ0v) is 17.5. The van der Waals surface area contributed by atoms with Crippen LogP contribution >= 0.6 is 0 Å². The molecule has 0 radical (unpaired) electrons. The molecule has 0 aromatic heterocycles. The Morgan fingerprint density at radius 3 is 2.43 bits per heavy atom. The minimum Gasteiger partial charge on any atom is -0.496 e. The number of benzene rings is 2. The monoisotopic (exact) mass is 379 g/mol. The molecule has 3 nitrogen and oxygen atoms in total. The third-order valence-electron chi connectivity index (χ3n) is 5.87. The van der Waals surface area contributed by atoms with E-state index in [9.17, 15) is 4.79 Å². The van der Waals surface area contributed by atoms with Crippen molar-refractivity contribution in [1.29, 1.82) is 0 Å². The van der Waals surface area contributed by atoms with Crippen molar-refractivity contribution in [1.82, 2.24) is 5.32 Å². The molecule has 1 saturated carbocycles. The zero-order valence-electron chi connectivity index (χ0n) is 17.5. The van der Waals surface area contributed by atoms with Gasteiger partial charge in [0, 0.05) is 6.04 Å². The Bertz CT molecular complexity index is 777. The summed E-state index contributed by atoms with van der Waals surface area (Å²) in [6.07, 6.45) is 7.62. The number of nitrogens with one attached hydrogen (secondary N) is 1. The molecular weight excluding hydrogens is 346 g/mol. The van der Waals surface area contributed by atoms with Crippen molar-refractivity contribution >= 4 is 5.91 Å². The second kappa shape index (κ2) is 9.77. The van der Waals surface area contributed by atoms with E-state index in [0.717, 1.165) is 60.5 Å². The highest BCUT2D eigenvalue weighted by Crippen LogP contribution is 2.33. The van der Waals surface area contributed by atoms with Gasteiger partial charge in [0.15, 0.2) is 0 Å². The maximum Gasteiger partial charge on any atom is 0.255 e. The van der Waals surface area contributed by atoms with Crippen LogP contribution in [0.25, 0.3) is 11.1 Å². The molecule has 0 atom stereocenters. The third kappa shape index (κ3) is 4.95. The Hall–Kier alpha value is -2.29. The van der Waals surface area contributed by atoms with Crippen molar-refractivity contribution in [3.8, 4) is 16.9 Å².